The highest BCUT2D eigenvalue weighted by atomic mass is 16.4. The number of carboxylic acid groups (broad SMARTS) is 1. The van der Waals surface area contributed by atoms with Crippen molar-refractivity contribution in [3.05, 3.63) is 0 Å². The summed E-state index contributed by atoms with van der Waals surface area (Å²) in [6.07, 6.45) is 8.27. The van der Waals surface area contributed by atoms with Gasteiger partial charge in [-0.05, 0) is 38.5 Å². The first kappa shape index (κ1) is 11.9. The van der Waals surface area contributed by atoms with Crippen LogP contribution in [0, 0.1) is 5.92 Å². The van der Waals surface area contributed by atoms with E-state index < -0.39 is 5.97 Å². The molecule has 0 aromatic heterocycles. The monoisotopic (exact) mass is 225 g/mol. The molecule has 2 aliphatic rings. The molecular formula is C13H23NO2. The zero-order valence-electron chi connectivity index (χ0n) is 10.2. The second-order valence-electron chi connectivity index (χ2n) is 5.40. The van der Waals surface area contributed by atoms with E-state index in [1.165, 1.54) is 38.5 Å². The van der Waals surface area contributed by atoms with E-state index in [4.69, 9.17) is 5.11 Å². The summed E-state index contributed by atoms with van der Waals surface area (Å²) in [5, 5.41) is 8.79. The Hall–Kier alpha value is -0.570. The minimum atomic E-state index is -0.663. The highest BCUT2D eigenvalue weighted by Gasteiger charge is 2.35. The summed E-state index contributed by atoms with van der Waals surface area (Å²) in [5.41, 5.74) is 0. The molecule has 0 heterocycles. The molecule has 92 valence electrons. The molecule has 2 saturated carbocycles. The normalized spacial score (nSPS) is 23.9. The third-order valence-corrected chi connectivity index (χ3v) is 4.20. The van der Waals surface area contributed by atoms with Crippen LogP contribution in [0.1, 0.15) is 51.9 Å². The van der Waals surface area contributed by atoms with Crippen molar-refractivity contribution in [1.29, 1.82) is 0 Å². The van der Waals surface area contributed by atoms with Crippen LogP contribution in [0.2, 0.25) is 0 Å². The van der Waals surface area contributed by atoms with Crippen molar-refractivity contribution in [3.63, 3.8) is 0 Å². The lowest BCUT2D eigenvalue weighted by atomic mass is 9.98. The van der Waals surface area contributed by atoms with Gasteiger partial charge >= 0.3 is 5.97 Å². The summed E-state index contributed by atoms with van der Waals surface area (Å²) in [6, 6.07) is 1.28. The lowest BCUT2D eigenvalue weighted by Crippen LogP contribution is -2.40. The Morgan fingerprint density at radius 2 is 1.94 bits per heavy atom. The van der Waals surface area contributed by atoms with Crippen molar-refractivity contribution in [2.24, 2.45) is 5.92 Å². The quantitative estimate of drug-likeness (QED) is 0.755. The van der Waals surface area contributed by atoms with E-state index in [9.17, 15) is 4.79 Å². The zero-order chi connectivity index (χ0) is 11.5. The molecule has 1 unspecified atom stereocenters. The number of hydrogen-bond acceptors (Lipinski definition) is 2. The van der Waals surface area contributed by atoms with Crippen LogP contribution < -0.4 is 0 Å². The number of nitrogens with zero attached hydrogens (tertiary/aromatic N) is 1. The van der Waals surface area contributed by atoms with Gasteiger partial charge in [-0.15, -0.1) is 0 Å². The molecule has 16 heavy (non-hydrogen) atoms. The van der Waals surface area contributed by atoms with Crippen molar-refractivity contribution in [1.82, 2.24) is 4.90 Å². The molecule has 0 saturated heterocycles. The maximum absolute atomic E-state index is 10.7. The first-order chi connectivity index (χ1) is 7.68. The lowest BCUT2D eigenvalue weighted by Gasteiger charge is -2.33. The van der Waals surface area contributed by atoms with Crippen molar-refractivity contribution in [3.8, 4) is 0 Å². The predicted octanol–water partition coefficient (Wildman–Crippen LogP) is 2.50. The average Bonchev–Trinajstić information content (AvgIpc) is 2.93. The molecule has 0 radical (unpaired) electrons. The molecule has 0 aromatic carbocycles. The van der Waals surface area contributed by atoms with Crippen LogP contribution in [0.5, 0.6) is 0 Å². The van der Waals surface area contributed by atoms with Gasteiger partial charge in [-0.25, -0.2) is 0 Å². The van der Waals surface area contributed by atoms with Gasteiger partial charge in [0.2, 0.25) is 0 Å². The summed E-state index contributed by atoms with van der Waals surface area (Å²) < 4.78 is 0. The summed E-state index contributed by atoms with van der Waals surface area (Å²) in [5.74, 6) is 0.152. The van der Waals surface area contributed by atoms with Gasteiger partial charge in [0.05, 0.1) is 6.42 Å². The molecule has 3 heteroatoms. The van der Waals surface area contributed by atoms with Crippen molar-refractivity contribution in [2.75, 3.05) is 6.54 Å². The molecule has 1 N–H and O–H groups in total. The van der Waals surface area contributed by atoms with Crippen LogP contribution in [-0.2, 0) is 4.79 Å². The second-order valence-corrected chi connectivity index (χ2v) is 5.40. The third kappa shape index (κ3) is 2.97. The Morgan fingerprint density at radius 3 is 2.44 bits per heavy atom. The average molecular weight is 225 g/mol. The SMILES string of the molecule is CC(C1CCCC1)N(CCC(=O)O)C1CC1. The van der Waals surface area contributed by atoms with E-state index in [0.29, 0.717) is 18.5 Å². The predicted molar refractivity (Wildman–Crippen MR) is 63.4 cm³/mol. The van der Waals surface area contributed by atoms with E-state index in [1.54, 1.807) is 0 Å². The van der Waals surface area contributed by atoms with Gasteiger partial charge in [0.15, 0.2) is 0 Å². The number of carbonyl (C=O) groups is 1. The Bertz CT molecular complexity index is 244. The third-order valence-electron chi connectivity index (χ3n) is 4.20. The van der Waals surface area contributed by atoms with Crippen LogP contribution in [0.3, 0.4) is 0 Å². The summed E-state index contributed by atoms with van der Waals surface area (Å²) in [7, 11) is 0. The lowest BCUT2D eigenvalue weighted by molar-refractivity contribution is -0.137. The molecule has 2 fully saturated rings. The minimum absolute atomic E-state index is 0.299. The van der Waals surface area contributed by atoms with Gasteiger partial charge in [0.1, 0.15) is 0 Å². The first-order valence-corrected chi connectivity index (χ1v) is 6.66. The summed E-state index contributed by atoms with van der Waals surface area (Å²) in [4.78, 5) is 13.1. The molecule has 0 amide bonds. The molecule has 3 nitrogen and oxygen atoms in total. The first-order valence-electron chi connectivity index (χ1n) is 6.66. The van der Waals surface area contributed by atoms with Crippen molar-refractivity contribution < 1.29 is 9.90 Å². The van der Waals surface area contributed by atoms with Gasteiger partial charge in [-0.1, -0.05) is 12.8 Å². The Balaban J connectivity index is 1.87. The smallest absolute Gasteiger partial charge is 0.304 e. The molecule has 0 aliphatic heterocycles. The number of rotatable bonds is 6. The molecule has 1 atom stereocenters. The van der Waals surface area contributed by atoms with Gasteiger partial charge < -0.3 is 5.11 Å². The van der Waals surface area contributed by atoms with Gasteiger partial charge in [-0.3, -0.25) is 9.69 Å². The van der Waals surface area contributed by atoms with Gasteiger partial charge in [-0.2, -0.15) is 0 Å². The molecule has 0 spiro atoms. The van der Waals surface area contributed by atoms with Crippen LogP contribution in [0.15, 0.2) is 0 Å². The Labute approximate surface area is 97.8 Å². The van der Waals surface area contributed by atoms with E-state index in [1.807, 2.05) is 0 Å². The largest absolute Gasteiger partial charge is 0.481 e. The fourth-order valence-corrected chi connectivity index (χ4v) is 3.06. The van der Waals surface area contributed by atoms with Crippen molar-refractivity contribution in [2.45, 2.75) is 64.0 Å². The van der Waals surface area contributed by atoms with E-state index >= 15 is 0 Å². The fraction of sp³-hybridized carbons (Fsp3) is 0.923. The van der Waals surface area contributed by atoms with Crippen LogP contribution in [0.4, 0.5) is 0 Å². The molecular weight excluding hydrogens is 202 g/mol. The van der Waals surface area contributed by atoms with Crippen LogP contribution in [-0.4, -0.2) is 34.6 Å². The highest BCUT2D eigenvalue weighted by Crippen LogP contribution is 2.36. The fourth-order valence-electron chi connectivity index (χ4n) is 3.06. The Morgan fingerprint density at radius 1 is 1.31 bits per heavy atom. The molecule has 2 aliphatic carbocycles. The Kier molecular flexibility index (Phi) is 3.85. The van der Waals surface area contributed by atoms with E-state index in [2.05, 4.69) is 11.8 Å². The molecule has 2 rings (SSSR count). The zero-order valence-corrected chi connectivity index (χ0v) is 10.2. The number of aliphatic carboxylic acids is 1. The summed E-state index contributed by atoms with van der Waals surface area (Å²) in [6.45, 7) is 3.05. The molecule has 0 aromatic rings. The summed E-state index contributed by atoms with van der Waals surface area (Å²) >= 11 is 0. The van der Waals surface area contributed by atoms with E-state index in [-0.39, 0.29) is 0 Å². The maximum Gasteiger partial charge on any atom is 0.304 e. The minimum Gasteiger partial charge on any atom is -0.481 e. The second kappa shape index (κ2) is 5.17. The number of carboxylic acids is 1. The van der Waals surface area contributed by atoms with Gasteiger partial charge in [0, 0.05) is 18.6 Å². The maximum atomic E-state index is 10.7. The van der Waals surface area contributed by atoms with E-state index in [0.717, 1.165) is 12.5 Å². The highest BCUT2D eigenvalue weighted by molar-refractivity contribution is 5.66. The molecule has 0 bridgehead atoms. The van der Waals surface area contributed by atoms with Gasteiger partial charge in [0.25, 0.3) is 0 Å². The van der Waals surface area contributed by atoms with Crippen molar-refractivity contribution >= 4 is 5.97 Å². The van der Waals surface area contributed by atoms with Crippen LogP contribution in [0.25, 0.3) is 0 Å². The standard InChI is InChI=1S/C13H23NO2/c1-10(11-4-2-3-5-11)14(12-6-7-12)9-8-13(15)16/h10-12H,2-9H2,1H3,(H,15,16). The number of hydrogen-bond donors (Lipinski definition) is 1. The van der Waals surface area contributed by atoms with Crippen LogP contribution >= 0.6 is 0 Å². The topological polar surface area (TPSA) is 40.5 Å².